The van der Waals surface area contributed by atoms with Gasteiger partial charge < -0.3 is 9.84 Å². The molecular weight excluding hydrogens is 349 g/mol. The lowest BCUT2D eigenvalue weighted by molar-refractivity contribution is -0.137. The van der Waals surface area contributed by atoms with Crippen molar-refractivity contribution in [3.05, 3.63) is 59.6 Å². The number of aromatic nitrogens is 3. The van der Waals surface area contributed by atoms with Gasteiger partial charge in [0.2, 0.25) is 5.76 Å². The average molecular weight is 364 g/mol. The monoisotopic (exact) mass is 364 g/mol. The van der Waals surface area contributed by atoms with Gasteiger partial charge in [-0.15, -0.1) is 0 Å². The summed E-state index contributed by atoms with van der Waals surface area (Å²) < 4.78 is 45.0. The maximum Gasteiger partial charge on any atom is 0.416 e. The molecule has 1 aromatic carbocycles. The molecule has 26 heavy (non-hydrogen) atoms. The van der Waals surface area contributed by atoms with Crippen LogP contribution in [-0.4, -0.2) is 20.8 Å². The lowest BCUT2D eigenvalue weighted by Gasteiger charge is -2.15. The van der Waals surface area contributed by atoms with E-state index >= 15 is 0 Å². The third kappa shape index (κ3) is 3.76. The van der Waals surface area contributed by atoms with E-state index in [1.165, 1.54) is 18.2 Å². The molecule has 0 spiro atoms. The molecule has 3 aromatic rings. The van der Waals surface area contributed by atoms with Crippen molar-refractivity contribution >= 4 is 5.91 Å². The van der Waals surface area contributed by atoms with Gasteiger partial charge in [0.15, 0.2) is 0 Å². The second-order valence-corrected chi connectivity index (χ2v) is 5.80. The quantitative estimate of drug-likeness (QED) is 0.768. The highest BCUT2D eigenvalue weighted by Gasteiger charge is 2.30. The fraction of sp³-hybridized carbons (Fsp3) is 0.235. The molecule has 9 heteroatoms. The van der Waals surface area contributed by atoms with Gasteiger partial charge in [-0.3, -0.25) is 9.48 Å². The van der Waals surface area contributed by atoms with Crippen LogP contribution in [0.3, 0.4) is 0 Å². The number of carbonyl (C=O) groups excluding carboxylic acids is 1. The van der Waals surface area contributed by atoms with Crippen LogP contribution in [0.5, 0.6) is 0 Å². The predicted molar refractivity (Wildman–Crippen MR) is 86.0 cm³/mol. The molecule has 2 heterocycles. The van der Waals surface area contributed by atoms with E-state index in [-0.39, 0.29) is 5.76 Å². The molecule has 3 rings (SSSR count). The van der Waals surface area contributed by atoms with E-state index in [0.717, 1.165) is 12.1 Å². The number of hydrogen-bond donors (Lipinski definition) is 1. The molecule has 0 bridgehead atoms. The smallest absolute Gasteiger partial charge is 0.350 e. The predicted octanol–water partition coefficient (Wildman–Crippen LogP) is 3.58. The van der Waals surface area contributed by atoms with Crippen molar-refractivity contribution in [2.45, 2.75) is 19.1 Å². The summed E-state index contributed by atoms with van der Waals surface area (Å²) >= 11 is 0. The second kappa shape index (κ2) is 6.66. The highest BCUT2D eigenvalue weighted by atomic mass is 19.4. The van der Waals surface area contributed by atoms with Gasteiger partial charge in [0, 0.05) is 24.9 Å². The summed E-state index contributed by atoms with van der Waals surface area (Å²) in [7, 11) is 1.74. The topological polar surface area (TPSA) is 73.0 Å². The molecule has 0 saturated heterocycles. The van der Waals surface area contributed by atoms with Crippen LogP contribution in [0.4, 0.5) is 13.2 Å². The van der Waals surface area contributed by atoms with E-state index in [0.29, 0.717) is 16.8 Å². The Bertz CT molecular complexity index is 930. The van der Waals surface area contributed by atoms with Crippen molar-refractivity contribution in [3.8, 4) is 11.3 Å². The van der Waals surface area contributed by atoms with Crippen LogP contribution in [0.25, 0.3) is 11.3 Å². The fourth-order valence-electron chi connectivity index (χ4n) is 2.41. The van der Waals surface area contributed by atoms with E-state index in [4.69, 9.17) is 4.52 Å². The maximum absolute atomic E-state index is 12.8. The molecular formula is C17H15F3N4O2. The van der Waals surface area contributed by atoms with E-state index in [9.17, 15) is 18.0 Å². The lowest BCUT2D eigenvalue weighted by atomic mass is 10.0. The molecule has 0 aliphatic rings. The Labute approximate surface area is 146 Å². The van der Waals surface area contributed by atoms with Crippen LogP contribution in [0.1, 0.15) is 34.6 Å². The summed E-state index contributed by atoms with van der Waals surface area (Å²) in [5.41, 5.74) is 0.686. The van der Waals surface area contributed by atoms with Gasteiger partial charge in [-0.05, 0) is 24.6 Å². The van der Waals surface area contributed by atoms with Gasteiger partial charge in [-0.1, -0.05) is 17.3 Å². The van der Waals surface area contributed by atoms with Gasteiger partial charge in [0.05, 0.1) is 17.8 Å². The Hall–Kier alpha value is -3.10. The fourth-order valence-corrected chi connectivity index (χ4v) is 2.41. The zero-order chi connectivity index (χ0) is 18.9. The Morgan fingerprint density at radius 2 is 2.08 bits per heavy atom. The number of benzene rings is 1. The van der Waals surface area contributed by atoms with Crippen molar-refractivity contribution in [2.24, 2.45) is 7.05 Å². The van der Waals surface area contributed by atoms with Crippen LogP contribution >= 0.6 is 0 Å². The highest BCUT2D eigenvalue weighted by Crippen LogP contribution is 2.30. The first-order valence-electron chi connectivity index (χ1n) is 7.68. The number of nitrogens with zero attached hydrogens (tertiary/aromatic N) is 3. The Morgan fingerprint density at radius 1 is 1.31 bits per heavy atom. The summed E-state index contributed by atoms with van der Waals surface area (Å²) in [5, 5.41) is 10.4. The van der Waals surface area contributed by atoms with Crippen molar-refractivity contribution in [1.29, 1.82) is 0 Å². The number of amides is 1. The van der Waals surface area contributed by atoms with Crippen molar-refractivity contribution in [2.75, 3.05) is 0 Å². The molecule has 6 nitrogen and oxygen atoms in total. The number of carbonyl (C=O) groups is 1. The summed E-state index contributed by atoms with van der Waals surface area (Å²) in [4.78, 5) is 12.3. The summed E-state index contributed by atoms with van der Waals surface area (Å²) in [6.07, 6.45) is -1.15. The third-order valence-corrected chi connectivity index (χ3v) is 3.80. The van der Waals surface area contributed by atoms with Crippen molar-refractivity contribution < 1.29 is 22.5 Å². The largest absolute Gasteiger partial charge is 0.416 e. The SMILES string of the molecule is C[C@@H](NC(=O)c1cc(-c2cnn(C)c2)no1)c1cccc(C(F)(F)F)c1. The number of halogens is 3. The zero-order valence-corrected chi connectivity index (χ0v) is 13.9. The molecule has 0 radical (unpaired) electrons. The first-order valence-corrected chi connectivity index (χ1v) is 7.68. The molecule has 0 unspecified atom stereocenters. The first kappa shape index (κ1) is 17.7. The van der Waals surface area contributed by atoms with Gasteiger partial charge in [-0.2, -0.15) is 18.3 Å². The van der Waals surface area contributed by atoms with Crippen LogP contribution in [0, 0.1) is 0 Å². The molecule has 0 aliphatic heterocycles. The molecule has 1 N–H and O–H groups in total. The van der Waals surface area contributed by atoms with E-state index in [2.05, 4.69) is 15.6 Å². The van der Waals surface area contributed by atoms with Crippen molar-refractivity contribution in [1.82, 2.24) is 20.3 Å². The minimum atomic E-state index is -4.44. The normalized spacial score (nSPS) is 12.8. The molecule has 0 aliphatic carbocycles. The maximum atomic E-state index is 12.8. The average Bonchev–Trinajstić information content (AvgIpc) is 3.23. The number of hydrogen-bond acceptors (Lipinski definition) is 4. The Balaban J connectivity index is 1.73. The lowest BCUT2D eigenvalue weighted by Crippen LogP contribution is -2.26. The van der Waals surface area contributed by atoms with Gasteiger partial charge >= 0.3 is 6.18 Å². The Morgan fingerprint density at radius 3 is 2.73 bits per heavy atom. The van der Waals surface area contributed by atoms with E-state index in [1.54, 1.807) is 31.0 Å². The number of rotatable bonds is 4. The van der Waals surface area contributed by atoms with Crippen LogP contribution in [0.2, 0.25) is 0 Å². The number of nitrogens with one attached hydrogen (secondary N) is 1. The molecule has 136 valence electrons. The van der Waals surface area contributed by atoms with Gasteiger partial charge in [0.25, 0.3) is 5.91 Å². The first-order chi connectivity index (χ1) is 12.2. The van der Waals surface area contributed by atoms with Crippen LogP contribution < -0.4 is 5.32 Å². The third-order valence-electron chi connectivity index (χ3n) is 3.80. The standard InChI is InChI=1S/C17H15F3N4O2/c1-10(11-4-3-5-13(6-11)17(18,19)20)22-16(25)15-7-14(23-26-15)12-8-21-24(2)9-12/h3-10H,1-2H3,(H,22,25)/t10-/m1/s1. The van der Waals surface area contributed by atoms with Gasteiger partial charge in [0.1, 0.15) is 5.69 Å². The highest BCUT2D eigenvalue weighted by molar-refractivity contribution is 5.92. The summed E-state index contributed by atoms with van der Waals surface area (Å²) in [6, 6.07) is 5.61. The van der Waals surface area contributed by atoms with E-state index < -0.39 is 23.7 Å². The molecule has 0 saturated carbocycles. The van der Waals surface area contributed by atoms with Gasteiger partial charge in [-0.25, -0.2) is 0 Å². The van der Waals surface area contributed by atoms with E-state index in [1.807, 2.05) is 0 Å². The Kier molecular flexibility index (Phi) is 4.54. The summed E-state index contributed by atoms with van der Waals surface area (Å²) in [6.45, 7) is 1.59. The van der Waals surface area contributed by atoms with Crippen molar-refractivity contribution in [3.63, 3.8) is 0 Å². The van der Waals surface area contributed by atoms with Crippen LogP contribution in [0.15, 0.2) is 47.2 Å². The van der Waals surface area contributed by atoms with Crippen LogP contribution in [-0.2, 0) is 13.2 Å². The minimum Gasteiger partial charge on any atom is -0.350 e. The number of aryl methyl sites for hydroxylation is 1. The summed E-state index contributed by atoms with van der Waals surface area (Å²) in [5.74, 6) is -0.611. The molecule has 1 atom stereocenters. The molecule has 1 amide bonds. The number of alkyl halides is 3. The molecule has 2 aromatic heterocycles. The zero-order valence-electron chi connectivity index (χ0n) is 13.9. The minimum absolute atomic E-state index is 0.0392. The second-order valence-electron chi connectivity index (χ2n) is 5.80. The molecule has 0 fully saturated rings.